The molecule has 1 aliphatic heterocycles. The first kappa shape index (κ1) is 18.9. The third kappa shape index (κ3) is 3.97. The zero-order valence-electron chi connectivity index (χ0n) is 15.6. The Balaban J connectivity index is 1.92. The van der Waals surface area contributed by atoms with E-state index in [9.17, 15) is 14.4 Å². The number of barbiturate groups is 1. The van der Waals surface area contributed by atoms with Gasteiger partial charge in [0.2, 0.25) is 0 Å². The maximum Gasteiger partial charge on any atom is 0.331 e. The highest BCUT2D eigenvalue weighted by atomic mass is 16.5. The van der Waals surface area contributed by atoms with Gasteiger partial charge in [0, 0.05) is 6.04 Å². The molecule has 1 aromatic carbocycles. The van der Waals surface area contributed by atoms with Crippen LogP contribution >= 0.6 is 0 Å². The van der Waals surface area contributed by atoms with Crippen LogP contribution in [0.25, 0.3) is 6.08 Å². The number of carbonyl (C=O) groups excluding carboxylic acids is 3. The van der Waals surface area contributed by atoms with Crippen molar-refractivity contribution in [1.29, 1.82) is 0 Å². The van der Waals surface area contributed by atoms with E-state index in [1.54, 1.807) is 18.2 Å². The number of imide groups is 2. The maximum atomic E-state index is 12.8. The van der Waals surface area contributed by atoms with Crippen LogP contribution in [0.3, 0.4) is 0 Å². The first-order valence-electron chi connectivity index (χ1n) is 9.35. The zero-order valence-corrected chi connectivity index (χ0v) is 15.6. The Labute approximate surface area is 158 Å². The SMILES string of the molecule is CCOc1ccc(/C=C2\C(=O)NC(=O)N(C3CCCC3)C2=O)cc1OCC. The van der Waals surface area contributed by atoms with E-state index >= 15 is 0 Å². The quantitative estimate of drug-likeness (QED) is 0.613. The van der Waals surface area contributed by atoms with Crippen LogP contribution in [0.2, 0.25) is 0 Å². The van der Waals surface area contributed by atoms with E-state index in [2.05, 4.69) is 5.32 Å². The first-order chi connectivity index (χ1) is 13.0. The molecule has 0 unspecified atom stereocenters. The topological polar surface area (TPSA) is 84.9 Å². The van der Waals surface area contributed by atoms with Gasteiger partial charge in [-0.25, -0.2) is 4.79 Å². The second-order valence-electron chi connectivity index (χ2n) is 6.50. The van der Waals surface area contributed by atoms with E-state index < -0.39 is 17.8 Å². The average Bonchev–Trinajstić information content (AvgIpc) is 3.15. The molecule has 0 atom stereocenters. The smallest absolute Gasteiger partial charge is 0.331 e. The number of rotatable bonds is 6. The second kappa shape index (κ2) is 8.24. The van der Waals surface area contributed by atoms with E-state index in [1.165, 1.54) is 11.0 Å². The Morgan fingerprint density at radius 3 is 2.41 bits per heavy atom. The molecule has 27 heavy (non-hydrogen) atoms. The predicted molar refractivity (Wildman–Crippen MR) is 99.4 cm³/mol. The molecule has 3 rings (SSSR count). The molecular weight excluding hydrogens is 348 g/mol. The summed E-state index contributed by atoms with van der Waals surface area (Å²) in [5.74, 6) is -0.0710. The molecule has 1 saturated carbocycles. The van der Waals surface area contributed by atoms with Crippen molar-refractivity contribution in [3.63, 3.8) is 0 Å². The summed E-state index contributed by atoms with van der Waals surface area (Å²) in [4.78, 5) is 38.5. The average molecular weight is 372 g/mol. The van der Waals surface area contributed by atoms with Gasteiger partial charge in [-0.15, -0.1) is 0 Å². The highest BCUT2D eigenvalue weighted by Crippen LogP contribution is 2.31. The van der Waals surface area contributed by atoms with Gasteiger partial charge in [0.15, 0.2) is 11.5 Å². The number of amides is 4. The molecule has 1 aliphatic carbocycles. The molecule has 4 amide bonds. The minimum absolute atomic E-state index is 0.0480. The standard InChI is InChI=1S/C20H24N2O5/c1-3-26-16-10-9-13(12-17(16)27-4-2)11-15-18(23)21-20(25)22(19(15)24)14-7-5-6-8-14/h9-12,14H,3-8H2,1-2H3,(H,21,23,25)/b15-11+. The van der Waals surface area contributed by atoms with Gasteiger partial charge in [-0.05, 0) is 50.5 Å². The lowest BCUT2D eigenvalue weighted by Gasteiger charge is -2.31. The van der Waals surface area contributed by atoms with Gasteiger partial charge in [0.05, 0.1) is 13.2 Å². The van der Waals surface area contributed by atoms with Crippen molar-refractivity contribution >= 4 is 23.9 Å². The Morgan fingerprint density at radius 2 is 1.74 bits per heavy atom. The number of nitrogens with zero attached hydrogens (tertiary/aromatic N) is 1. The van der Waals surface area contributed by atoms with Crippen molar-refractivity contribution in [2.24, 2.45) is 0 Å². The molecule has 1 aromatic rings. The molecule has 1 saturated heterocycles. The summed E-state index contributed by atoms with van der Waals surface area (Å²) in [6, 6.07) is 4.44. The minimum Gasteiger partial charge on any atom is -0.490 e. The largest absolute Gasteiger partial charge is 0.490 e. The van der Waals surface area contributed by atoms with E-state index in [0.29, 0.717) is 30.3 Å². The van der Waals surface area contributed by atoms with Crippen LogP contribution < -0.4 is 14.8 Å². The van der Waals surface area contributed by atoms with Crippen LogP contribution in [0.5, 0.6) is 11.5 Å². The van der Waals surface area contributed by atoms with Gasteiger partial charge in [0.1, 0.15) is 5.57 Å². The highest BCUT2D eigenvalue weighted by Gasteiger charge is 2.40. The van der Waals surface area contributed by atoms with Gasteiger partial charge in [0.25, 0.3) is 11.8 Å². The molecule has 1 heterocycles. The molecule has 1 N–H and O–H groups in total. The van der Waals surface area contributed by atoms with Crippen LogP contribution in [0.4, 0.5) is 4.79 Å². The lowest BCUT2D eigenvalue weighted by molar-refractivity contribution is -0.131. The fraction of sp³-hybridized carbons (Fsp3) is 0.450. The van der Waals surface area contributed by atoms with Crippen LogP contribution in [-0.4, -0.2) is 42.0 Å². The van der Waals surface area contributed by atoms with E-state index in [-0.39, 0.29) is 11.6 Å². The molecule has 7 nitrogen and oxygen atoms in total. The summed E-state index contributed by atoms with van der Waals surface area (Å²) >= 11 is 0. The molecule has 0 aromatic heterocycles. The first-order valence-corrected chi connectivity index (χ1v) is 9.35. The Kier molecular flexibility index (Phi) is 5.78. The molecule has 2 aliphatic rings. The van der Waals surface area contributed by atoms with Crippen molar-refractivity contribution in [3.05, 3.63) is 29.3 Å². The van der Waals surface area contributed by atoms with E-state index in [1.807, 2.05) is 13.8 Å². The molecule has 0 spiro atoms. The van der Waals surface area contributed by atoms with Crippen molar-refractivity contribution in [2.45, 2.75) is 45.6 Å². The van der Waals surface area contributed by atoms with Crippen LogP contribution in [0.15, 0.2) is 23.8 Å². The van der Waals surface area contributed by atoms with Crippen LogP contribution in [0, 0.1) is 0 Å². The molecule has 2 fully saturated rings. The van der Waals surface area contributed by atoms with Gasteiger partial charge in [-0.1, -0.05) is 18.9 Å². The molecule has 0 bridgehead atoms. The molecular formula is C20H24N2O5. The van der Waals surface area contributed by atoms with E-state index in [4.69, 9.17) is 9.47 Å². The number of hydrogen-bond acceptors (Lipinski definition) is 5. The van der Waals surface area contributed by atoms with Gasteiger partial charge >= 0.3 is 6.03 Å². The monoisotopic (exact) mass is 372 g/mol. The van der Waals surface area contributed by atoms with Crippen molar-refractivity contribution in [3.8, 4) is 11.5 Å². The second-order valence-corrected chi connectivity index (χ2v) is 6.50. The number of carbonyl (C=O) groups is 3. The molecule has 0 radical (unpaired) electrons. The number of nitrogens with one attached hydrogen (secondary N) is 1. The summed E-state index contributed by atoms with van der Waals surface area (Å²) in [6.07, 6.45) is 5.00. The number of urea groups is 1. The van der Waals surface area contributed by atoms with Crippen molar-refractivity contribution in [2.75, 3.05) is 13.2 Å². The Bertz CT molecular complexity index is 781. The highest BCUT2D eigenvalue weighted by molar-refractivity contribution is 6.31. The van der Waals surface area contributed by atoms with Crippen molar-refractivity contribution in [1.82, 2.24) is 10.2 Å². The van der Waals surface area contributed by atoms with Crippen LogP contribution in [0.1, 0.15) is 45.1 Å². The Morgan fingerprint density at radius 1 is 1.07 bits per heavy atom. The van der Waals surface area contributed by atoms with Gasteiger partial charge in [-0.2, -0.15) is 0 Å². The summed E-state index contributed by atoms with van der Waals surface area (Å²) in [6.45, 7) is 4.71. The minimum atomic E-state index is -0.675. The third-order valence-corrected chi connectivity index (χ3v) is 4.70. The third-order valence-electron chi connectivity index (χ3n) is 4.70. The number of ether oxygens (including phenoxy) is 2. The fourth-order valence-electron chi connectivity index (χ4n) is 3.49. The number of benzene rings is 1. The maximum absolute atomic E-state index is 12.8. The summed E-state index contributed by atoms with van der Waals surface area (Å²) in [7, 11) is 0. The summed E-state index contributed by atoms with van der Waals surface area (Å²) in [5, 5.41) is 2.28. The summed E-state index contributed by atoms with van der Waals surface area (Å²) < 4.78 is 11.1. The summed E-state index contributed by atoms with van der Waals surface area (Å²) in [5.41, 5.74) is 0.578. The van der Waals surface area contributed by atoms with E-state index in [0.717, 1.165) is 25.7 Å². The van der Waals surface area contributed by atoms with Crippen LogP contribution in [-0.2, 0) is 9.59 Å². The lowest BCUT2D eigenvalue weighted by Crippen LogP contribution is -2.57. The normalized spacial score (nSPS) is 19.6. The number of hydrogen-bond donors (Lipinski definition) is 1. The van der Waals surface area contributed by atoms with Gasteiger partial charge in [-0.3, -0.25) is 19.8 Å². The molecule has 144 valence electrons. The zero-order chi connectivity index (χ0) is 19.4. The van der Waals surface area contributed by atoms with Crippen molar-refractivity contribution < 1.29 is 23.9 Å². The molecule has 7 heteroatoms. The lowest BCUT2D eigenvalue weighted by atomic mass is 10.0. The predicted octanol–water partition coefficient (Wildman–Crippen LogP) is 2.89. The fourth-order valence-corrected chi connectivity index (χ4v) is 3.49. The Hall–Kier alpha value is -2.83. The van der Waals surface area contributed by atoms with Gasteiger partial charge < -0.3 is 9.47 Å².